The number of benzene rings is 1. The Morgan fingerprint density at radius 1 is 1.38 bits per heavy atom. The van der Waals surface area contributed by atoms with Crippen LogP contribution in [0.4, 0.5) is 5.69 Å². The first-order chi connectivity index (χ1) is 9.90. The second kappa shape index (κ2) is 7.12. The third kappa shape index (κ3) is 4.70. The molecular formula is C17H27BrN2O. The Hall–Kier alpha value is -0.580. The molecule has 1 aliphatic rings. The molecule has 1 unspecified atom stereocenters. The summed E-state index contributed by atoms with van der Waals surface area (Å²) in [6.45, 7) is 12.3. The summed E-state index contributed by atoms with van der Waals surface area (Å²) in [5, 5.41) is 3.53. The second-order valence-corrected chi connectivity index (χ2v) is 7.56. The van der Waals surface area contributed by atoms with E-state index in [0.29, 0.717) is 6.04 Å². The molecule has 1 aliphatic heterocycles. The van der Waals surface area contributed by atoms with Crippen LogP contribution in [0.1, 0.15) is 39.7 Å². The molecule has 1 heterocycles. The molecular weight excluding hydrogens is 328 g/mol. The molecule has 0 spiro atoms. The van der Waals surface area contributed by atoms with E-state index >= 15 is 0 Å². The summed E-state index contributed by atoms with van der Waals surface area (Å²) in [7, 11) is 0. The van der Waals surface area contributed by atoms with E-state index in [1.807, 2.05) is 0 Å². The van der Waals surface area contributed by atoms with Gasteiger partial charge in [0.25, 0.3) is 0 Å². The molecule has 1 fully saturated rings. The molecule has 0 aliphatic carbocycles. The van der Waals surface area contributed by atoms with Crippen molar-refractivity contribution in [3.8, 4) is 0 Å². The van der Waals surface area contributed by atoms with Crippen molar-refractivity contribution < 1.29 is 4.74 Å². The maximum absolute atomic E-state index is 5.59. The van der Waals surface area contributed by atoms with Crippen LogP contribution < -0.4 is 10.2 Å². The third-order valence-electron chi connectivity index (χ3n) is 3.88. The first-order valence-corrected chi connectivity index (χ1v) is 8.58. The van der Waals surface area contributed by atoms with Gasteiger partial charge in [-0.25, -0.2) is 0 Å². The molecule has 3 nitrogen and oxygen atoms in total. The van der Waals surface area contributed by atoms with E-state index in [-0.39, 0.29) is 5.54 Å². The van der Waals surface area contributed by atoms with Gasteiger partial charge in [-0.1, -0.05) is 28.9 Å². The highest BCUT2D eigenvalue weighted by Crippen LogP contribution is 2.27. The fraction of sp³-hybridized carbons (Fsp3) is 0.647. The standard InChI is InChI=1S/C17H27BrN2O/c1-5-14-12-21-9-8-20(14)15-7-6-13(16(18)10-15)11-19-17(2,3)4/h6-7,10,14,19H,5,8-9,11-12H2,1-4H3. The normalized spacial score (nSPS) is 19.9. The summed E-state index contributed by atoms with van der Waals surface area (Å²) in [4.78, 5) is 2.47. The molecule has 0 radical (unpaired) electrons. The van der Waals surface area contributed by atoms with Gasteiger partial charge in [-0.3, -0.25) is 0 Å². The molecule has 118 valence electrons. The van der Waals surface area contributed by atoms with Gasteiger partial charge < -0.3 is 15.0 Å². The van der Waals surface area contributed by atoms with Gasteiger partial charge in [0.05, 0.1) is 19.3 Å². The second-order valence-electron chi connectivity index (χ2n) is 6.71. The molecule has 1 aromatic carbocycles. The molecule has 0 aromatic heterocycles. The molecule has 2 rings (SSSR count). The van der Waals surface area contributed by atoms with E-state index in [4.69, 9.17) is 4.74 Å². The largest absolute Gasteiger partial charge is 0.377 e. The van der Waals surface area contributed by atoms with E-state index in [1.54, 1.807) is 0 Å². The lowest BCUT2D eigenvalue weighted by atomic mass is 10.1. The van der Waals surface area contributed by atoms with Gasteiger partial charge in [0.15, 0.2) is 0 Å². The van der Waals surface area contributed by atoms with Crippen molar-refractivity contribution in [2.75, 3.05) is 24.7 Å². The van der Waals surface area contributed by atoms with Crippen LogP contribution in [0.3, 0.4) is 0 Å². The summed E-state index contributed by atoms with van der Waals surface area (Å²) in [5.41, 5.74) is 2.72. The van der Waals surface area contributed by atoms with Gasteiger partial charge in [0.2, 0.25) is 0 Å². The summed E-state index contributed by atoms with van der Waals surface area (Å²) in [5.74, 6) is 0. The Bertz CT molecular complexity index is 470. The van der Waals surface area contributed by atoms with Crippen molar-refractivity contribution in [1.29, 1.82) is 0 Å². The summed E-state index contributed by atoms with van der Waals surface area (Å²) in [6, 6.07) is 7.19. The Labute approximate surface area is 137 Å². The van der Waals surface area contributed by atoms with Crippen LogP contribution in [0, 0.1) is 0 Å². The van der Waals surface area contributed by atoms with E-state index < -0.39 is 0 Å². The topological polar surface area (TPSA) is 24.5 Å². The highest BCUT2D eigenvalue weighted by Gasteiger charge is 2.22. The maximum Gasteiger partial charge on any atom is 0.0670 e. The molecule has 4 heteroatoms. The monoisotopic (exact) mass is 354 g/mol. The van der Waals surface area contributed by atoms with Crippen molar-refractivity contribution in [3.05, 3.63) is 28.2 Å². The number of morpholine rings is 1. The van der Waals surface area contributed by atoms with E-state index in [0.717, 1.165) is 32.7 Å². The average molecular weight is 355 g/mol. The maximum atomic E-state index is 5.59. The Morgan fingerprint density at radius 2 is 2.14 bits per heavy atom. The van der Waals surface area contributed by atoms with Crippen LogP contribution in [0.5, 0.6) is 0 Å². The number of nitrogens with one attached hydrogen (secondary N) is 1. The summed E-state index contributed by atoms with van der Waals surface area (Å²) < 4.78 is 6.77. The van der Waals surface area contributed by atoms with Gasteiger partial charge in [-0.15, -0.1) is 0 Å². The average Bonchev–Trinajstić information content (AvgIpc) is 2.45. The number of ether oxygens (including phenoxy) is 1. The Balaban J connectivity index is 2.10. The minimum atomic E-state index is 0.135. The van der Waals surface area contributed by atoms with Crippen LogP contribution in [0.25, 0.3) is 0 Å². The van der Waals surface area contributed by atoms with E-state index in [9.17, 15) is 0 Å². The van der Waals surface area contributed by atoms with Crippen molar-refractivity contribution >= 4 is 21.6 Å². The van der Waals surface area contributed by atoms with E-state index in [2.05, 4.69) is 72.0 Å². The van der Waals surface area contributed by atoms with Gasteiger partial charge in [0.1, 0.15) is 0 Å². The van der Waals surface area contributed by atoms with Gasteiger partial charge in [0, 0.05) is 28.8 Å². The predicted octanol–water partition coefficient (Wildman–Crippen LogP) is 3.95. The number of halogens is 1. The summed E-state index contributed by atoms with van der Waals surface area (Å²) in [6.07, 6.45) is 1.12. The number of hydrogen-bond acceptors (Lipinski definition) is 3. The molecule has 0 amide bonds. The van der Waals surface area contributed by atoms with Crippen molar-refractivity contribution in [3.63, 3.8) is 0 Å². The number of rotatable bonds is 4. The first kappa shape index (κ1) is 16.8. The van der Waals surface area contributed by atoms with Gasteiger partial charge >= 0.3 is 0 Å². The lowest BCUT2D eigenvalue weighted by molar-refractivity contribution is 0.0930. The van der Waals surface area contributed by atoms with E-state index in [1.165, 1.54) is 15.7 Å². The minimum absolute atomic E-state index is 0.135. The molecule has 1 aromatic rings. The fourth-order valence-corrected chi connectivity index (χ4v) is 3.06. The quantitative estimate of drug-likeness (QED) is 0.885. The third-order valence-corrected chi connectivity index (χ3v) is 4.61. The molecule has 1 saturated heterocycles. The van der Waals surface area contributed by atoms with Gasteiger partial charge in [-0.05, 0) is 44.9 Å². The van der Waals surface area contributed by atoms with Crippen molar-refractivity contribution in [1.82, 2.24) is 5.32 Å². The SMILES string of the molecule is CCC1COCCN1c1ccc(CNC(C)(C)C)c(Br)c1. The first-order valence-electron chi connectivity index (χ1n) is 7.78. The molecule has 0 saturated carbocycles. The number of nitrogens with zero attached hydrogens (tertiary/aromatic N) is 1. The molecule has 0 bridgehead atoms. The van der Waals surface area contributed by atoms with Crippen LogP contribution in [-0.4, -0.2) is 31.3 Å². The smallest absolute Gasteiger partial charge is 0.0670 e. The van der Waals surface area contributed by atoms with Crippen LogP contribution >= 0.6 is 15.9 Å². The lowest BCUT2D eigenvalue weighted by Gasteiger charge is -2.37. The van der Waals surface area contributed by atoms with Crippen molar-refractivity contribution in [2.45, 2.75) is 52.2 Å². The summed E-state index contributed by atoms with van der Waals surface area (Å²) >= 11 is 3.73. The number of anilines is 1. The lowest BCUT2D eigenvalue weighted by Crippen LogP contribution is -2.45. The minimum Gasteiger partial charge on any atom is -0.377 e. The Kier molecular flexibility index (Phi) is 5.69. The zero-order chi connectivity index (χ0) is 15.5. The highest BCUT2D eigenvalue weighted by atomic mass is 79.9. The molecule has 1 atom stereocenters. The van der Waals surface area contributed by atoms with Crippen LogP contribution in [-0.2, 0) is 11.3 Å². The number of hydrogen-bond donors (Lipinski definition) is 1. The van der Waals surface area contributed by atoms with Crippen molar-refractivity contribution in [2.24, 2.45) is 0 Å². The predicted molar refractivity (Wildman–Crippen MR) is 93.0 cm³/mol. The zero-order valence-electron chi connectivity index (χ0n) is 13.6. The molecule has 21 heavy (non-hydrogen) atoms. The van der Waals surface area contributed by atoms with Crippen LogP contribution in [0.15, 0.2) is 22.7 Å². The highest BCUT2D eigenvalue weighted by molar-refractivity contribution is 9.10. The molecule has 1 N–H and O–H groups in total. The zero-order valence-corrected chi connectivity index (χ0v) is 15.2. The van der Waals surface area contributed by atoms with Crippen LogP contribution in [0.2, 0.25) is 0 Å². The van der Waals surface area contributed by atoms with Gasteiger partial charge in [-0.2, -0.15) is 0 Å². The Morgan fingerprint density at radius 3 is 2.76 bits per heavy atom. The fourth-order valence-electron chi connectivity index (χ4n) is 2.55.